The van der Waals surface area contributed by atoms with E-state index in [9.17, 15) is 24.5 Å². The monoisotopic (exact) mass is 355 g/mol. The smallest absolute Gasteiger partial charge is 0.274 e. The third-order valence-electron chi connectivity index (χ3n) is 5.55. The van der Waals surface area contributed by atoms with E-state index in [1.54, 1.807) is 13.0 Å². The van der Waals surface area contributed by atoms with Crippen molar-refractivity contribution in [3.05, 3.63) is 46.0 Å². The number of imide groups is 1. The number of carbonyl (C=O) groups excluding carboxylic acids is 3. The lowest BCUT2D eigenvalue weighted by Crippen LogP contribution is -2.39. The number of hydrogen-bond donors (Lipinski definition) is 1. The third kappa shape index (κ3) is 2.40. The first-order chi connectivity index (χ1) is 12.4. The maximum Gasteiger partial charge on any atom is 0.274 e. The Kier molecular flexibility index (Phi) is 3.64. The molecule has 2 aliphatic carbocycles. The van der Waals surface area contributed by atoms with Crippen LogP contribution < -0.4 is 5.32 Å². The number of fused-ring (bicyclic) bond motifs is 5. The van der Waals surface area contributed by atoms with Crippen molar-refractivity contribution in [3.63, 3.8) is 0 Å². The molecule has 1 heterocycles. The quantitative estimate of drug-likeness (QED) is 0.382. The molecule has 1 aromatic carbocycles. The minimum absolute atomic E-state index is 0.0919. The van der Waals surface area contributed by atoms with Crippen LogP contribution in [-0.2, 0) is 14.4 Å². The topological polar surface area (TPSA) is 110 Å². The molecule has 4 unspecified atom stereocenters. The lowest BCUT2D eigenvalue weighted by Gasteiger charge is -2.16. The minimum atomic E-state index is -0.551. The van der Waals surface area contributed by atoms with Crippen LogP contribution in [0.25, 0.3) is 0 Å². The van der Waals surface area contributed by atoms with Crippen LogP contribution >= 0.6 is 0 Å². The largest absolute Gasteiger partial charge is 0.324 e. The summed E-state index contributed by atoms with van der Waals surface area (Å²) in [5.41, 5.74) is 0.635. The molecule has 1 saturated heterocycles. The van der Waals surface area contributed by atoms with Crippen molar-refractivity contribution in [2.45, 2.75) is 13.3 Å². The van der Waals surface area contributed by atoms with E-state index in [2.05, 4.69) is 5.32 Å². The summed E-state index contributed by atoms with van der Waals surface area (Å²) in [4.78, 5) is 48.9. The van der Waals surface area contributed by atoms with Crippen LogP contribution in [0.2, 0.25) is 0 Å². The third-order valence-corrected chi connectivity index (χ3v) is 5.55. The van der Waals surface area contributed by atoms with Gasteiger partial charge in [0.15, 0.2) is 0 Å². The van der Waals surface area contributed by atoms with E-state index in [4.69, 9.17) is 0 Å². The number of allylic oxidation sites excluding steroid dienone is 2. The van der Waals surface area contributed by atoms with E-state index in [1.165, 1.54) is 12.1 Å². The number of rotatable bonds is 4. The number of likely N-dealkylation sites (tertiary alicyclic amines) is 1. The zero-order chi connectivity index (χ0) is 18.6. The first-order valence-electron chi connectivity index (χ1n) is 8.45. The van der Waals surface area contributed by atoms with Crippen molar-refractivity contribution < 1.29 is 19.3 Å². The van der Waals surface area contributed by atoms with E-state index in [1.807, 2.05) is 12.2 Å². The highest BCUT2D eigenvalue weighted by Crippen LogP contribution is 2.52. The Labute approximate surface area is 149 Å². The molecule has 1 N–H and O–H groups in total. The van der Waals surface area contributed by atoms with E-state index < -0.39 is 10.8 Å². The van der Waals surface area contributed by atoms with Gasteiger partial charge in [-0.3, -0.25) is 29.4 Å². The average Bonchev–Trinajstić information content (AvgIpc) is 3.26. The maximum atomic E-state index is 12.6. The molecule has 1 saturated carbocycles. The van der Waals surface area contributed by atoms with Crippen LogP contribution in [0.15, 0.2) is 30.4 Å². The second-order valence-corrected chi connectivity index (χ2v) is 7.07. The van der Waals surface area contributed by atoms with E-state index in [0.29, 0.717) is 5.56 Å². The van der Waals surface area contributed by atoms with Crippen LogP contribution in [0.4, 0.5) is 11.4 Å². The number of aryl methyl sites for hydroxylation is 1. The molecular weight excluding hydrogens is 338 g/mol. The molecule has 0 spiro atoms. The molecule has 4 rings (SSSR count). The standard InChI is InChI=1S/C18H17N3O5/c1-9-2-5-12(7-13(9)21(25)26)19-14(22)8-20-17(23)15-10-3-4-11(6-10)16(15)18(20)24/h2-5,7,10-11,15-16H,6,8H2,1H3,(H,19,22). The van der Waals surface area contributed by atoms with Gasteiger partial charge in [-0.15, -0.1) is 0 Å². The Hall–Kier alpha value is -3.03. The van der Waals surface area contributed by atoms with Gasteiger partial charge in [0.2, 0.25) is 17.7 Å². The first-order valence-corrected chi connectivity index (χ1v) is 8.45. The fourth-order valence-electron chi connectivity index (χ4n) is 4.35. The minimum Gasteiger partial charge on any atom is -0.324 e. The van der Waals surface area contributed by atoms with Gasteiger partial charge < -0.3 is 5.32 Å². The average molecular weight is 355 g/mol. The van der Waals surface area contributed by atoms with Crippen LogP contribution in [0.1, 0.15) is 12.0 Å². The number of nitrogens with one attached hydrogen (secondary N) is 1. The molecule has 134 valence electrons. The zero-order valence-corrected chi connectivity index (χ0v) is 14.0. The highest BCUT2D eigenvalue weighted by molar-refractivity contribution is 6.09. The summed E-state index contributed by atoms with van der Waals surface area (Å²) in [6, 6.07) is 4.35. The van der Waals surface area contributed by atoms with Crippen LogP contribution in [0.3, 0.4) is 0 Å². The van der Waals surface area contributed by atoms with Crippen LogP contribution in [0, 0.1) is 40.7 Å². The second-order valence-electron chi connectivity index (χ2n) is 7.07. The van der Waals surface area contributed by atoms with E-state index >= 15 is 0 Å². The first kappa shape index (κ1) is 16.4. The Morgan fingerprint density at radius 1 is 1.23 bits per heavy atom. The normalized spacial score (nSPS) is 28.6. The molecule has 1 aliphatic heterocycles. The van der Waals surface area contributed by atoms with Gasteiger partial charge in [0.1, 0.15) is 6.54 Å². The summed E-state index contributed by atoms with van der Waals surface area (Å²) in [7, 11) is 0. The summed E-state index contributed by atoms with van der Waals surface area (Å²) in [5, 5.41) is 13.5. The van der Waals surface area contributed by atoms with Crippen molar-refractivity contribution in [2.75, 3.05) is 11.9 Å². The van der Waals surface area contributed by atoms with Crippen LogP contribution in [-0.4, -0.2) is 34.1 Å². The maximum absolute atomic E-state index is 12.6. The Morgan fingerprint density at radius 2 is 1.85 bits per heavy atom. The van der Waals surface area contributed by atoms with Gasteiger partial charge in [0.25, 0.3) is 5.69 Å². The second kappa shape index (κ2) is 5.76. The van der Waals surface area contributed by atoms with Crippen LogP contribution in [0.5, 0.6) is 0 Å². The number of amides is 3. The molecule has 1 aromatic rings. The van der Waals surface area contributed by atoms with Gasteiger partial charge in [-0.2, -0.15) is 0 Å². The van der Waals surface area contributed by atoms with Crippen molar-refractivity contribution >= 4 is 29.1 Å². The highest BCUT2D eigenvalue weighted by Gasteiger charge is 2.59. The van der Waals surface area contributed by atoms with Gasteiger partial charge in [-0.25, -0.2) is 0 Å². The lowest BCUT2D eigenvalue weighted by atomic mass is 9.85. The molecule has 2 fully saturated rings. The van der Waals surface area contributed by atoms with Gasteiger partial charge in [0, 0.05) is 17.3 Å². The number of benzene rings is 1. The summed E-state index contributed by atoms with van der Waals surface area (Å²) >= 11 is 0. The molecule has 2 bridgehead atoms. The van der Waals surface area contributed by atoms with Crippen molar-refractivity contribution in [1.82, 2.24) is 4.90 Å². The molecular formula is C18H17N3O5. The molecule has 0 radical (unpaired) electrons. The van der Waals surface area contributed by atoms with Crippen molar-refractivity contribution in [3.8, 4) is 0 Å². The van der Waals surface area contributed by atoms with Gasteiger partial charge in [-0.1, -0.05) is 18.2 Å². The van der Waals surface area contributed by atoms with Gasteiger partial charge >= 0.3 is 0 Å². The fourth-order valence-corrected chi connectivity index (χ4v) is 4.35. The predicted molar refractivity (Wildman–Crippen MR) is 90.9 cm³/mol. The molecule has 8 heteroatoms. The van der Waals surface area contributed by atoms with Crippen molar-refractivity contribution in [1.29, 1.82) is 0 Å². The number of anilines is 1. The number of carbonyl (C=O) groups is 3. The Morgan fingerprint density at radius 3 is 2.42 bits per heavy atom. The summed E-state index contributed by atoms with van der Waals surface area (Å²) in [6.07, 6.45) is 4.82. The molecule has 3 amide bonds. The Bertz CT molecular complexity index is 848. The summed E-state index contributed by atoms with van der Waals surface area (Å²) in [6.45, 7) is 1.23. The van der Waals surface area contributed by atoms with Crippen molar-refractivity contribution in [2.24, 2.45) is 23.7 Å². The summed E-state index contributed by atoms with van der Waals surface area (Å²) < 4.78 is 0. The lowest BCUT2D eigenvalue weighted by molar-refractivity contribution is -0.385. The highest BCUT2D eigenvalue weighted by atomic mass is 16.6. The predicted octanol–water partition coefficient (Wildman–Crippen LogP) is 1.65. The van der Waals surface area contributed by atoms with E-state index in [-0.39, 0.29) is 53.4 Å². The van der Waals surface area contributed by atoms with E-state index in [0.717, 1.165) is 11.3 Å². The number of nitrogens with zero attached hydrogens (tertiary/aromatic N) is 2. The fraction of sp³-hybridized carbons (Fsp3) is 0.389. The number of nitro groups is 1. The molecule has 26 heavy (non-hydrogen) atoms. The zero-order valence-electron chi connectivity index (χ0n) is 14.0. The molecule has 3 aliphatic rings. The Balaban J connectivity index is 1.46. The number of hydrogen-bond acceptors (Lipinski definition) is 5. The number of nitro benzene ring substituents is 1. The summed E-state index contributed by atoms with van der Waals surface area (Å²) in [5.74, 6) is -1.63. The van der Waals surface area contributed by atoms with Gasteiger partial charge in [-0.05, 0) is 31.2 Å². The molecule has 0 aromatic heterocycles. The molecule has 4 atom stereocenters. The van der Waals surface area contributed by atoms with Gasteiger partial charge in [0.05, 0.1) is 16.8 Å². The molecule has 8 nitrogen and oxygen atoms in total. The SMILES string of the molecule is Cc1ccc(NC(=O)CN2C(=O)C3C4C=CC(C4)C3C2=O)cc1[N+](=O)[O-].